The van der Waals surface area contributed by atoms with Crippen LogP contribution in [0.5, 0.6) is 0 Å². The molecule has 2 fully saturated rings. The largest absolute Gasteiger partial charge is 0.373 e. The number of nitrogens with zero attached hydrogens (tertiary/aromatic N) is 2. The lowest BCUT2D eigenvalue weighted by atomic mass is 10.0. The molecule has 0 saturated carbocycles. The number of piperidine rings is 1. The molecule has 0 aliphatic carbocycles. The average Bonchev–Trinajstić information content (AvgIpc) is 2.53. The molecule has 2 atom stereocenters. The first-order valence-corrected chi connectivity index (χ1v) is 7.47. The average molecular weight is 293 g/mol. The third-order valence-electron chi connectivity index (χ3n) is 4.22. The van der Waals surface area contributed by atoms with Gasteiger partial charge in [0.15, 0.2) is 5.82 Å². The van der Waals surface area contributed by atoms with E-state index >= 15 is 0 Å². The molecule has 114 valence electrons. The Morgan fingerprint density at radius 1 is 1.52 bits per heavy atom. The highest BCUT2D eigenvalue weighted by atomic mass is 19.1. The number of pyridine rings is 1. The van der Waals surface area contributed by atoms with Gasteiger partial charge in [-0.1, -0.05) is 6.42 Å². The SMILES string of the molecule is O=C(NC[C@@H]1CN2CCCC[C@H]2CO1)c1ccncc1F. The molecule has 1 N–H and O–H groups in total. The lowest BCUT2D eigenvalue weighted by Crippen LogP contribution is -2.54. The van der Waals surface area contributed by atoms with Gasteiger partial charge in [0.1, 0.15) is 0 Å². The van der Waals surface area contributed by atoms with E-state index in [9.17, 15) is 9.18 Å². The molecule has 21 heavy (non-hydrogen) atoms. The van der Waals surface area contributed by atoms with Crippen LogP contribution in [0, 0.1) is 5.82 Å². The van der Waals surface area contributed by atoms with Crippen LogP contribution < -0.4 is 5.32 Å². The Labute approximate surface area is 123 Å². The molecular weight excluding hydrogens is 273 g/mol. The topological polar surface area (TPSA) is 54.5 Å². The van der Waals surface area contributed by atoms with Gasteiger partial charge in [-0.15, -0.1) is 0 Å². The molecular formula is C15H20FN3O2. The van der Waals surface area contributed by atoms with Crippen molar-refractivity contribution in [3.05, 3.63) is 29.8 Å². The third kappa shape index (κ3) is 3.39. The first-order chi connectivity index (χ1) is 10.2. The van der Waals surface area contributed by atoms with Gasteiger partial charge in [0.05, 0.1) is 24.5 Å². The number of morpholine rings is 1. The van der Waals surface area contributed by atoms with Gasteiger partial charge >= 0.3 is 0 Å². The zero-order chi connectivity index (χ0) is 14.7. The second kappa shape index (κ2) is 6.49. The molecule has 5 nitrogen and oxygen atoms in total. The molecule has 0 spiro atoms. The van der Waals surface area contributed by atoms with Crippen LogP contribution >= 0.6 is 0 Å². The maximum absolute atomic E-state index is 13.5. The van der Waals surface area contributed by atoms with Crippen LogP contribution in [0.3, 0.4) is 0 Å². The van der Waals surface area contributed by atoms with Crippen LogP contribution in [0.25, 0.3) is 0 Å². The van der Waals surface area contributed by atoms with E-state index in [0.29, 0.717) is 12.6 Å². The minimum absolute atomic E-state index is 0.0202. The fraction of sp³-hybridized carbons (Fsp3) is 0.600. The fourth-order valence-corrected chi connectivity index (χ4v) is 3.04. The molecule has 3 rings (SSSR count). The molecule has 0 radical (unpaired) electrons. The van der Waals surface area contributed by atoms with Gasteiger partial charge in [0.25, 0.3) is 5.91 Å². The van der Waals surface area contributed by atoms with Crippen LogP contribution in [0.2, 0.25) is 0 Å². The first-order valence-electron chi connectivity index (χ1n) is 7.47. The van der Waals surface area contributed by atoms with Crippen LogP contribution in [-0.2, 0) is 4.74 Å². The predicted molar refractivity (Wildman–Crippen MR) is 75.5 cm³/mol. The van der Waals surface area contributed by atoms with Crippen molar-refractivity contribution >= 4 is 5.91 Å². The normalized spacial score (nSPS) is 26.1. The number of halogens is 1. The molecule has 0 aromatic carbocycles. The van der Waals surface area contributed by atoms with E-state index in [0.717, 1.165) is 25.9 Å². The Balaban J connectivity index is 1.51. The molecule has 6 heteroatoms. The molecule has 2 saturated heterocycles. The Kier molecular flexibility index (Phi) is 4.45. The number of carbonyl (C=O) groups excluding carboxylic acids is 1. The van der Waals surface area contributed by atoms with Crippen molar-refractivity contribution < 1.29 is 13.9 Å². The van der Waals surface area contributed by atoms with E-state index in [-0.39, 0.29) is 11.7 Å². The van der Waals surface area contributed by atoms with Crippen LogP contribution in [-0.4, -0.2) is 54.2 Å². The fourth-order valence-electron chi connectivity index (χ4n) is 3.04. The van der Waals surface area contributed by atoms with Gasteiger partial charge in [-0.3, -0.25) is 14.7 Å². The lowest BCUT2D eigenvalue weighted by molar-refractivity contribution is -0.0725. The highest BCUT2D eigenvalue weighted by molar-refractivity contribution is 5.94. The summed E-state index contributed by atoms with van der Waals surface area (Å²) in [6.45, 7) is 3.08. The highest BCUT2D eigenvalue weighted by Gasteiger charge is 2.30. The van der Waals surface area contributed by atoms with Crippen LogP contribution in [0.15, 0.2) is 18.5 Å². The maximum Gasteiger partial charge on any atom is 0.254 e. The maximum atomic E-state index is 13.5. The number of carbonyl (C=O) groups is 1. The van der Waals surface area contributed by atoms with E-state index in [1.165, 1.54) is 31.5 Å². The van der Waals surface area contributed by atoms with Crippen molar-refractivity contribution in [3.8, 4) is 0 Å². The Morgan fingerprint density at radius 2 is 2.43 bits per heavy atom. The van der Waals surface area contributed by atoms with Crippen molar-refractivity contribution in [2.75, 3.05) is 26.2 Å². The third-order valence-corrected chi connectivity index (χ3v) is 4.22. The number of nitrogens with one attached hydrogen (secondary N) is 1. The van der Waals surface area contributed by atoms with E-state index in [1.807, 2.05) is 0 Å². The summed E-state index contributed by atoms with van der Waals surface area (Å²) in [5.41, 5.74) is 0.0247. The monoisotopic (exact) mass is 293 g/mol. The number of hydrogen-bond donors (Lipinski definition) is 1. The summed E-state index contributed by atoms with van der Waals surface area (Å²) in [6.07, 6.45) is 6.14. The van der Waals surface area contributed by atoms with Crippen LogP contribution in [0.4, 0.5) is 4.39 Å². The summed E-state index contributed by atoms with van der Waals surface area (Å²) in [6, 6.07) is 1.91. The number of hydrogen-bond acceptors (Lipinski definition) is 4. The summed E-state index contributed by atoms with van der Waals surface area (Å²) >= 11 is 0. The van der Waals surface area contributed by atoms with Crippen molar-refractivity contribution in [1.82, 2.24) is 15.2 Å². The van der Waals surface area contributed by atoms with Gasteiger partial charge < -0.3 is 10.1 Å². The predicted octanol–water partition coefficient (Wildman–Crippen LogP) is 1.20. The molecule has 0 bridgehead atoms. The van der Waals surface area contributed by atoms with Crippen molar-refractivity contribution in [2.45, 2.75) is 31.4 Å². The van der Waals surface area contributed by atoms with Gasteiger partial charge in [0, 0.05) is 25.3 Å². The summed E-state index contributed by atoms with van der Waals surface area (Å²) in [4.78, 5) is 18.0. The van der Waals surface area contributed by atoms with Crippen molar-refractivity contribution in [2.24, 2.45) is 0 Å². The summed E-state index contributed by atoms with van der Waals surface area (Å²) < 4.78 is 19.3. The van der Waals surface area contributed by atoms with Crippen molar-refractivity contribution in [1.29, 1.82) is 0 Å². The number of fused-ring (bicyclic) bond motifs is 1. The minimum Gasteiger partial charge on any atom is -0.373 e. The number of ether oxygens (including phenoxy) is 1. The molecule has 3 heterocycles. The quantitative estimate of drug-likeness (QED) is 0.910. The molecule has 2 aliphatic heterocycles. The van der Waals surface area contributed by atoms with Gasteiger partial charge in [-0.2, -0.15) is 0 Å². The zero-order valence-corrected chi connectivity index (χ0v) is 11.9. The van der Waals surface area contributed by atoms with Gasteiger partial charge in [-0.05, 0) is 25.5 Å². The van der Waals surface area contributed by atoms with E-state index in [1.54, 1.807) is 0 Å². The molecule has 1 amide bonds. The second-order valence-electron chi connectivity index (χ2n) is 5.67. The first kappa shape index (κ1) is 14.4. The minimum atomic E-state index is -0.601. The van der Waals surface area contributed by atoms with Crippen LogP contribution in [0.1, 0.15) is 29.6 Å². The van der Waals surface area contributed by atoms with Gasteiger partial charge in [-0.25, -0.2) is 4.39 Å². The molecule has 0 unspecified atom stereocenters. The summed E-state index contributed by atoms with van der Waals surface area (Å²) in [5.74, 6) is -1.02. The molecule has 1 aromatic rings. The van der Waals surface area contributed by atoms with Crippen molar-refractivity contribution in [3.63, 3.8) is 0 Å². The van der Waals surface area contributed by atoms with Gasteiger partial charge in [0.2, 0.25) is 0 Å². The Hall–Kier alpha value is -1.53. The van der Waals surface area contributed by atoms with E-state index in [2.05, 4.69) is 15.2 Å². The Bertz CT molecular complexity index is 511. The zero-order valence-electron chi connectivity index (χ0n) is 11.9. The smallest absolute Gasteiger partial charge is 0.254 e. The summed E-state index contributed by atoms with van der Waals surface area (Å²) in [7, 11) is 0. The number of amides is 1. The van der Waals surface area contributed by atoms with E-state index in [4.69, 9.17) is 4.74 Å². The van der Waals surface area contributed by atoms with E-state index < -0.39 is 11.7 Å². The second-order valence-corrected chi connectivity index (χ2v) is 5.67. The number of rotatable bonds is 3. The molecule has 2 aliphatic rings. The number of aromatic nitrogens is 1. The Morgan fingerprint density at radius 3 is 3.29 bits per heavy atom. The molecule has 1 aromatic heterocycles. The standard InChI is InChI=1S/C15H20FN3O2/c16-14-8-17-5-4-13(14)15(20)18-7-12-9-19-6-2-1-3-11(19)10-21-12/h4-5,8,11-12H,1-3,6-7,9-10H2,(H,18,20)/t11-,12+/m0/s1. The highest BCUT2D eigenvalue weighted by Crippen LogP contribution is 2.21. The summed E-state index contributed by atoms with van der Waals surface area (Å²) in [5, 5.41) is 2.75. The lowest BCUT2D eigenvalue weighted by Gasteiger charge is -2.42.